The molecule has 0 radical (unpaired) electrons. The molecule has 0 spiro atoms. The van der Waals surface area contributed by atoms with E-state index in [9.17, 15) is 5.11 Å². The average Bonchev–Trinajstić information content (AvgIpc) is 2.75. The van der Waals surface area contributed by atoms with Gasteiger partial charge in [0.05, 0.1) is 18.4 Å². The standard InChI is InChI=1S/C11H18N2O2/c12-8-10(11-2-1-7-15-11)13-5-3-9(14)4-6-13/h1-2,7,9-10,14H,3-6,8,12H2. The highest BCUT2D eigenvalue weighted by molar-refractivity contribution is 5.05. The molecule has 4 heteroatoms. The Hall–Kier alpha value is -0.840. The monoisotopic (exact) mass is 210 g/mol. The summed E-state index contributed by atoms with van der Waals surface area (Å²) in [6.07, 6.45) is 3.20. The average molecular weight is 210 g/mol. The van der Waals surface area contributed by atoms with Gasteiger partial charge in [0.2, 0.25) is 0 Å². The second-order valence-electron chi connectivity index (χ2n) is 4.03. The minimum absolute atomic E-state index is 0.142. The van der Waals surface area contributed by atoms with Crippen molar-refractivity contribution < 1.29 is 9.52 Å². The van der Waals surface area contributed by atoms with Crippen molar-refractivity contribution in [1.82, 2.24) is 4.90 Å². The highest BCUT2D eigenvalue weighted by Crippen LogP contribution is 2.23. The van der Waals surface area contributed by atoms with Crippen molar-refractivity contribution in [2.45, 2.75) is 25.0 Å². The summed E-state index contributed by atoms with van der Waals surface area (Å²) >= 11 is 0. The van der Waals surface area contributed by atoms with E-state index in [2.05, 4.69) is 4.90 Å². The number of aliphatic hydroxyl groups excluding tert-OH is 1. The summed E-state index contributed by atoms with van der Waals surface area (Å²) in [5.74, 6) is 0.925. The number of nitrogens with zero attached hydrogens (tertiary/aromatic N) is 1. The zero-order valence-electron chi connectivity index (χ0n) is 8.80. The summed E-state index contributed by atoms with van der Waals surface area (Å²) in [4.78, 5) is 2.28. The maximum absolute atomic E-state index is 9.43. The molecule has 84 valence electrons. The van der Waals surface area contributed by atoms with Crippen LogP contribution in [0.2, 0.25) is 0 Å². The molecule has 1 aromatic heterocycles. The fraction of sp³-hybridized carbons (Fsp3) is 0.636. The van der Waals surface area contributed by atoms with Crippen LogP contribution in [0.1, 0.15) is 24.6 Å². The molecule has 0 amide bonds. The first kappa shape index (κ1) is 10.7. The molecular formula is C11H18N2O2. The van der Waals surface area contributed by atoms with Gasteiger partial charge in [-0.05, 0) is 25.0 Å². The molecule has 4 nitrogen and oxygen atoms in total. The molecule has 0 bridgehead atoms. The molecule has 1 aliphatic heterocycles. The van der Waals surface area contributed by atoms with Gasteiger partial charge in [0.15, 0.2) is 0 Å². The van der Waals surface area contributed by atoms with E-state index < -0.39 is 0 Å². The van der Waals surface area contributed by atoms with Crippen molar-refractivity contribution >= 4 is 0 Å². The maximum Gasteiger partial charge on any atom is 0.122 e. The summed E-state index contributed by atoms with van der Waals surface area (Å²) < 4.78 is 5.38. The van der Waals surface area contributed by atoms with Gasteiger partial charge in [0.1, 0.15) is 5.76 Å². The van der Waals surface area contributed by atoms with Crippen LogP contribution in [0.25, 0.3) is 0 Å². The zero-order chi connectivity index (χ0) is 10.7. The molecule has 1 unspecified atom stereocenters. The number of hydrogen-bond acceptors (Lipinski definition) is 4. The van der Waals surface area contributed by atoms with Crippen molar-refractivity contribution in [3.05, 3.63) is 24.2 Å². The predicted molar refractivity (Wildman–Crippen MR) is 57.3 cm³/mol. The highest BCUT2D eigenvalue weighted by Gasteiger charge is 2.25. The molecule has 2 heterocycles. The molecule has 1 atom stereocenters. The third-order valence-electron chi connectivity index (χ3n) is 3.03. The quantitative estimate of drug-likeness (QED) is 0.772. The number of aliphatic hydroxyl groups is 1. The molecule has 15 heavy (non-hydrogen) atoms. The van der Waals surface area contributed by atoms with Crippen LogP contribution in [0.4, 0.5) is 0 Å². The van der Waals surface area contributed by atoms with Crippen molar-refractivity contribution in [1.29, 1.82) is 0 Å². The van der Waals surface area contributed by atoms with Crippen LogP contribution >= 0.6 is 0 Å². The predicted octanol–water partition coefficient (Wildman–Crippen LogP) is 0.736. The zero-order valence-corrected chi connectivity index (χ0v) is 8.80. The third kappa shape index (κ3) is 2.40. The fourth-order valence-electron chi connectivity index (χ4n) is 2.12. The lowest BCUT2D eigenvalue weighted by atomic mass is 10.0. The first-order chi connectivity index (χ1) is 7.31. The third-order valence-corrected chi connectivity index (χ3v) is 3.03. The molecule has 0 saturated carbocycles. The number of piperidine rings is 1. The van der Waals surface area contributed by atoms with Crippen molar-refractivity contribution in [2.24, 2.45) is 5.73 Å². The van der Waals surface area contributed by atoms with E-state index in [-0.39, 0.29) is 12.1 Å². The van der Waals surface area contributed by atoms with Crippen LogP contribution in [-0.2, 0) is 0 Å². The van der Waals surface area contributed by atoms with Gasteiger partial charge in [0, 0.05) is 19.6 Å². The van der Waals surface area contributed by atoms with E-state index in [4.69, 9.17) is 10.2 Å². The molecule has 1 aliphatic rings. The lowest BCUT2D eigenvalue weighted by Crippen LogP contribution is -2.41. The Morgan fingerprint density at radius 1 is 1.53 bits per heavy atom. The van der Waals surface area contributed by atoms with Gasteiger partial charge in [-0.2, -0.15) is 0 Å². The summed E-state index contributed by atoms with van der Waals surface area (Å²) in [7, 11) is 0. The summed E-state index contributed by atoms with van der Waals surface area (Å²) in [5, 5.41) is 9.43. The van der Waals surface area contributed by atoms with Gasteiger partial charge in [-0.1, -0.05) is 0 Å². The van der Waals surface area contributed by atoms with Crippen LogP contribution in [-0.4, -0.2) is 35.7 Å². The Morgan fingerprint density at radius 2 is 2.27 bits per heavy atom. The number of likely N-dealkylation sites (tertiary alicyclic amines) is 1. The lowest BCUT2D eigenvalue weighted by molar-refractivity contribution is 0.0568. The SMILES string of the molecule is NCC(c1ccco1)N1CCC(O)CC1. The van der Waals surface area contributed by atoms with Crippen LogP contribution in [0.15, 0.2) is 22.8 Å². The largest absolute Gasteiger partial charge is 0.468 e. The molecule has 0 aromatic carbocycles. The van der Waals surface area contributed by atoms with Gasteiger partial charge in [-0.25, -0.2) is 0 Å². The molecule has 2 rings (SSSR count). The maximum atomic E-state index is 9.43. The van der Waals surface area contributed by atoms with Gasteiger partial charge < -0.3 is 15.3 Å². The van der Waals surface area contributed by atoms with E-state index in [0.29, 0.717) is 6.54 Å². The second-order valence-corrected chi connectivity index (χ2v) is 4.03. The smallest absolute Gasteiger partial charge is 0.122 e. The first-order valence-corrected chi connectivity index (χ1v) is 5.47. The Morgan fingerprint density at radius 3 is 2.80 bits per heavy atom. The van der Waals surface area contributed by atoms with Crippen LogP contribution in [0.3, 0.4) is 0 Å². The Kier molecular flexibility index (Phi) is 3.41. The number of hydrogen-bond donors (Lipinski definition) is 2. The molecule has 0 aliphatic carbocycles. The second kappa shape index (κ2) is 4.79. The van der Waals surface area contributed by atoms with Gasteiger partial charge >= 0.3 is 0 Å². The summed E-state index contributed by atoms with van der Waals surface area (Å²) in [5.41, 5.74) is 5.77. The van der Waals surface area contributed by atoms with E-state index in [1.165, 1.54) is 0 Å². The van der Waals surface area contributed by atoms with Crippen molar-refractivity contribution in [3.8, 4) is 0 Å². The molecule has 1 saturated heterocycles. The normalized spacial score (nSPS) is 21.7. The molecule has 1 fully saturated rings. The summed E-state index contributed by atoms with van der Waals surface area (Å²) in [6.45, 7) is 2.34. The topological polar surface area (TPSA) is 62.6 Å². The van der Waals surface area contributed by atoms with E-state index in [1.807, 2.05) is 12.1 Å². The van der Waals surface area contributed by atoms with Crippen LogP contribution < -0.4 is 5.73 Å². The lowest BCUT2D eigenvalue weighted by Gasteiger charge is -2.34. The Bertz CT molecular complexity index is 279. The minimum atomic E-state index is -0.142. The van der Waals surface area contributed by atoms with Crippen molar-refractivity contribution in [2.75, 3.05) is 19.6 Å². The van der Waals surface area contributed by atoms with Gasteiger partial charge in [-0.15, -0.1) is 0 Å². The highest BCUT2D eigenvalue weighted by atomic mass is 16.3. The minimum Gasteiger partial charge on any atom is -0.468 e. The first-order valence-electron chi connectivity index (χ1n) is 5.47. The van der Waals surface area contributed by atoms with E-state index >= 15 is 0 Å². The fourth-order valence-corrected chi connectivity index (χ4v) is 2.12. The number of furan rings is 1. The molecular weight excluding hydrogens is 192 g/mol. The van der Waals surface area contributed by atoms with Crippen molar-refractivity contribution in [3.63, 3.8) is 0 Å². The Balaban J connectivity index is 2.01. The number of rotatable bonds is 3. The van der Waals surface area contributed by atoms with E-state index in [0.717, 1.165) is 31.7 Å². The van der Waals surface area contributed by atoms with Crippen LogP contribution in [0.5, 0.6) is 0 Å². The number of nitrogens with two attached hydrogens (primary N) is 1. The van der Waals surface area contributed by atoms with Crippen LogP contribution in [0, 0.1) is 0 Å². The Labute approximate surface area is 89.7 Å². The molecule has 3 N–H and O–H groups in total. The summed E-state index contributed by atoms with van der Waals surface area (Å²) in [6, 6.07) is 4.01. The van der Waals surface area contributed by atoms with Gasteiger partial charge in [0.25, 0.3) is 0 Å². The molecule has 1 aromatic rings. The van der Waals surface area contributed by atoms with Gasteiger partial charge in [-0.3, -0.25) is 4.90 Å². The van der Waals surface area contributed by atoms with E-state index in [1.54, 1.807) is 6.26 Å².